The molecule has 6 heterocycles. The van der Waals surface area contributed by atoms with E-state index in [0.29, 0.717) is 31.7 Å². The number of anilines is 1. The highest BCUT2D eigenvalue weighted by Crippen LogP contribution is 2.43. The number of benzene rings is 1. The van der Waals surface area contributed by atoms with Gasteiger partial charge < -0.3 is 29.2 Å². The average Bonchev–Trinajstić information content (AvgIpc) is 3.65. The Labute approximate surface area is 411 Å². The Balaban J connectivity index is 0.00000211. The molecule has 3 aliphatic heterocycles. The minimum absolute atomic E-state index is 0. The fraction of sp³-hybridized carbons (Fsp3) is 0.568. The topological polar surface area (TPSA) is 134 Å². The summed E-state index contributed by atoms with van der Waals surface area (Å²) in [5.41, 5.74) is 10.9. The molecule has 19 heteroatoms. The number of carbonyl (C=O) groups excluding carboxylic acids is 3. The van der Waals surface area contributed by atoms with Crippen molar-refractivity contribution < 1.29 is 23.9 Å². The van der Waals surface area contributed by atoms with Gasteiger partial charge in [0.15, 0.2) is 0 Å². The lowest BCUT2D eigenvalue weighted by Gasteiger charge is -2.35. The average molecular weight is 981 g/mol. The van der Waals surface area contributed by atoms with Gasteiger partial charge in [0.1, 0.15) is 12.1 Å². The minimum atomic E-state index is -0.825. The number of fused-ring (bicyclic) bond motifs is 6. The van der Waals surface area contributed by atoms with Crippen LogP contribution in [0.15, 0.2) is 35.8 Å². The molecular formula is C44H68N8O5S6. The summed E-state index contributed by atoms with van der Waals surface area (Å²) in [6.07, 6.45) is 4.60. The SMILES string of the molecule is CCn1c(-c2cc(N3CCN(C)CC3)cnc2[C@H](C)OC)c2c3cc(ccc31)-c1csc(n1)C[C@H](NC(=O)[C@H]1C[C@@H]1C)C(=O)N1CCC[C@H](N1)C(=O)OCC(C)(C)C2.S.S.S.S.S. The van der Waals surface area contributed by atoms with Crippen molar-refractivity contribution in [1.82, 2.24) is 35.2 Å². The number of methoxy groups -OCH3 is 1. The van der Waals surface area contributed by atoms with Gasteiger partial charge in [0, 0.05) is 91.5 Å². The van der Waals surface area contributed by atoms with Crippen molar-refractivity contribution in [2.45, 2.75) is 91.5 Å². The van der Waals surface area contributed by atoms with Crippen LogP contribution in [-0.4, -0.2) is 108 Å². The number of hydrazine groups is 1. The zero-order valence-corrected chi connectivity index (χ0v) is 43.3. The maximum absolute atomic E-state index is 14.1. The number of aromatic nitrogens is 3. The lowest BCUT2D eigenvalue weighted by atomic mass is 9.84. The molecule has 4 aliphatic rings. The fourth-order valence-electron chi connectivity index (χ4n) is 8.80. The Morgan fingerprint density at radius 3 is 2.46 bits per heavy atom. The first-order valence-electron chi connectivity index (χ1n) is 20.9. The van der Waals surface area contributed by atoms with Crippen LogP contribution in [0.2, 0.25) is 0 Å². The number of likely N-dealkylation sites (N-methyl/N-ethyl adjacent to an activating group) is 1. The molecule has 3 fully saturated rings. The lowest BCUT2D eigenvalue weighted by Crippen LogP contribution is -2.60. The summed E-state index contributed by atoms with van der Waals surface area (Å²) >= 11 is 1.49. The molecule has 0 unspecified atom stereocenters. The van der Waals surface area contributed by atoms with E-state index in [9.17, 15) is 14.4 Å². The Bertz CT molecular complexity index is 2210. The number of hydrogen-bond acceptors (Lipinski definition) is 11. The summed E-state index contributed by atoms with van der Waals surface area (Å²) in [5.74, 6) is -0.561. The molecule has 8 rings (SSSR count). The van der Waals surface area contributed by atoms with Crippen LogP contribution in [0.4, 0.5) is 5.69 Å². The molecule has 4 aromatic rings. The molecule has 5 atom stereocenters. The normalized spacial score (nSPS) is 22.7. The second-order valence-electron chi connectivity index (χ2n) is 17.6. The number of rotatable bonds is 7. The van der Waals surface area contributed by atoms with Crippen molar-refractivity contribution >= 4 is 113 Å². The molecule has 350 valence electrons. The van der Waals surface area contributed by atoms with Crippen molar-refractivity contribution in [2.75, 3.05) is 58.4 Å². The van der Waals surface area contributed by atoms with Gasteiger partial charge in [-0.25, -0.2) is 10.4 Å². The molecule has 1 saturated carbocycles. The number of pyridine rings is 1. The lowest BCUT2D eigenvalue weighted by molar-refractivity contribution is -0.155. The van der Waals surface area contributed by atoms with Crippen LogP contribution in [0.3, 0.4) is 0 Å². The molecule has 0 spiro atoms. The van der Waals surface area contributed by atoms with Gasteiger partial charge in [-0.1, -0.05) is 26.8 Å². The molecule has 2 N–H and O–H groups in total. The molecule has 1 aromatic carbocycles. The number of hydrogen-bond donors (Lipinski definition) is 2. The predicted octanol–water partition coefficient (Wildman–Crippen LogP) is 6.17. The zero-order chi connectivity index (χ0) is 40.9. The van der Waals surface area contributed by atoms with Gasteiger partial charge >= 0.3 is 5.97 Å². The maximum Gasteiger partial charge on any atom is 0.324 e. The van der Waals surface area contributed by atoms with Gasteiger partial charge in [-0.2, -0.15) is 67.5 Å². The van der Waals surface area contributed by atoms with Crippen LogP contribution < -0.4 is 15.6 Å². The minimum Gasteiger partial charge on any atom is -0.464 e. The summed E-state index contributed by atoms with van der Waals surface area (Å²) < 4.78 is 14.5. The third-order valence-corrected chi connectivity index (χ3v) is 13.4. The number of esters is 1. The third kappa shape index (κ3) is 11.7. The first kappa shape index (κ1) is 54.7. The number of nitrogens with zero attached hydrogens (tertiary/aromatic N) is 6. The molecule has 13 nitrogen and oxygen atoms in total. The number of nitrogens with one attached hydrogen (secondary N) is 2. The van der Waals surface area contributed by atoms with E-state index < -0.39 is 17.5 Å². The van der Waals surface area contributed by atoms with Gasteiger partial charge in [-0.3, -0.25) is 24.4 Å². The number of amides is 2. The van der Waals surface area contributed by atoms with Crippen LogP contribution in [0, 0.1) is 17.3 Å². The van der Waals surface area contributed by atoms with E-state index in [4.69, 9.17) is 19.4 Å². The number of cyclic esters (lactones) is 1. The summed E-state index contributed by atoms with van der Waals surface area (Å²) in [6, 6.07) is 7.34. The number of piperazine rings is 1. The highest BCUT2D eigenvalue weighted by atomic mass is 32.1. The van der Waals surface area contributed by atoms with Crippen LogP contribution in [0.5, 0.6) is 0 Å². The third-order valence-electron chi connectivity index (χ3n) is 12.5. The summed E-state index contributed by atoms with van der Waals surface area (Å²) in [6.45, 7) is 15.7. The van der Waals surface area contributed by atoms with Gasteiger partial charge in [0.25, 0.3) is 5.91 Å². The van der Waals surface area contributed by atoms with Crippen molar-refractivity contribution in [3.8, 4) is 22.5 Å². The Morgan fingerprint density at radius 2 is 1.79 bits per heavy atom. The highest BCUT2D eigenvalue weighted by Gasteiger charge is 2.42. The van der Waals surface area contributed by atoms with Gasteiger partial charge in [-0.15, -0.1) is 11.3 Å². The summed E-state index contributed by atoms with van der Waals surface area (Å²) in [4.78, 5) is 56.1. The number of ether oxygens (including phenoxy) is 2. The predicted molar refractivity (Wildman–Crippen MR) is 278 cm³/mol. The van der Waals surface area contributed by atoms with Gasteiger partial charge in [0.2, 0.25) is 5.91 Å². The monoisotopic (exact) mass is 980 g/mol. The van der Waals surface area contributed by atoms with Crippen LogP contribution in [-0.2, 0) is 43.2 Å². The van der Waals surface area contributed by atoms with Crippen LogP contribution >= 0.6 is 78.8 Å². The molecule has 2 amide bonds. The van der Waals surface area contributed by atoms with E-state index in [1.807, 2.05) is 25.4 Å². The van der Waals surface area contributed by atoms with Crippen LogP contribution in [0.1, 0.15) is 76.3 Å². The molecule has 1 aliphatic carbocycles. The number of aryl methyl sites for hydroxylation is 1. The molecule has 3 aromatic heterocycles. The van der Waals surface area contributed by atoms with Crippen molar-refractivity contribution in [3.05, 3.63) is 52.1 Å². The van der Waals surface area contributed by atoms with Crippen LogP contribution in [0.25, 0.3) is 33.4 Å². The first-order chi connectivity index (χ1) is 27.8. The Morgan fingerprint density at radius 1 is 1.08 bits per heavy atom. The molecule has 2 saturated heterocycles. The van der Waals surface area contributed by atoms with E-state index in [-0.39, 0.29) is 110 Å². The smallest absolute Gasteiger partial charge is 0.324 e. The Hall–Kier alpha value is -2.62. The van der Waals surface area contributed by atoms with Crippen molar-refractivity contribution in [1.29, 1.82) is 0 Å². The molecule has 63 heavy (non-hydrogen) atoms. The van der Waals surface area contributed by atoms with E-state index >= 15 is 0 Å². The standard InChI is InChI=1S/C44H58N8O5S.5H2S/c1-8-51-37-12-11-28-19-31(37)33(40(51)32-20-29(23-45-39(32)27(3)56-7)50-16-14-49(6)15-17-50)22-44(4,5)25-57-43(55)34-10-9-13-52(48-34)42(54)35(21-38-46-36(28)24-58-38)47-41(53)30-18-26(30)2;;;;;/h11-12,19-20,23-24,26-27,30,34-35,48H,8-10,13-18,21-22,25H2,1-7H3,(H,47,53);5*1H2/t26-,27-,30-,34-,35-;;;;;/m0...../s1. The van der Waals surface area contributed by atoms with E-state index in [0.717, 1.165) is 94.5 Å². The van der Waals surface area contributed by atoms with E-state index in [1.54, 1.807) is 7.11 Å². The number of thiazole rings is 1. The molecular weight excluding hydrogens is 913 g/mol. The van der Waals surface area contributed by atoms with E-state index in [1.165, 1.54) is 16.3 Å². The van der Waals surface area contributed by atoms with Gasteiger partial charge in [-0.05, 0) is 76.3 Å². The quantitative estimate of drug-likeness (QED) is 0.207. The maximum atomic E-state index is 14.1. The summed E-state index contributed by atoms with van der Waals surface area (Å²) in [7, 11) is 3.89. The number of carbonyl (C=O) groups is 3. The second kappa shape index (κ2) is 22.7. The Kier molecular flexibility index (Phi) is 19.7. The largest absolute Gasteiger partial charge is 0.464 e. The summed E-state index contributed by atoms with van der Waals surface area (Å²) in [5, 5.41) is 8.46. The van der Waals surface area contributed by atoms with Gasteiger partial charge in [0.05, 0.1) is 46.7 Å². The van der Waals surface area contributed by atoms with Crippen molar-refractivity contribution in [2.24, 2.45) is 17.3 Å². The van der Waals surface area contributed by atoms with E-state index in [2.05, 4.69) is 77.2 Å². The second-order valence-corrected chi connectivity index (χ2v) is 18.5. The van der Waals surface area contributed by atoms with Crippen molar-refractivity contribution in [3.63, 3.8) is 0 Å². The zero-order valence-electron chi connectivity index (χ0n) is 37.5. The fourth-order valence-corrected chi connectivity index (χ4v) is 9.65. The first-order valence-corrected chi connectivity index (χ1v) is 21.8. The molecule has 6 bridgehead atoms. The molecule has 0 radical (unpaired) electrons. The highest BCUT2D eigenvalue weighted by molar-refractivity contribution is 7.60.